The summed E-state index contributed by atoms with van der Waals surface area (Å²) in [4.78, 5) is 23.0. The summed E-state index contributed by atoms with van der Waals surface area (Å²) in [5, 5.41) is 0. The molecule has 0 saturated carbocycles. The Morgan fingerprint density at radius 2 is 1.91 bits per heavy atom. The molecule has 0 N–H and O–H groups in total. The van der Waals surface area contributed by atoms with E-state index in [2.05, 4.69) is 9.97 Å². The Balaban J connectivity index is 1.53. The average Bonchev–Trinajstić information content (AvgIpc) is 2.78. The summed E-state index contributed by atoms with van der Waals surface area (Å²) >= 11 is 0. The van der Waals surface area contributed by atoms with Gasteiger partial charge in [0.05, 0.1) is 24.4 Å². The lowest BCUT2D eigenvalue weighted by Gasteiger charge is -2.33. The van der Waals surface area contributed by atoms with Gasteiger partial charge in [-0.1, -0.05) is 18.2 Å². The van der Waals surface area contributed by atoms with E-state index in [0.29, 0.717) is 42.9 Å². The maximum absolute atomic E-state index is 13.0. The van der Waals surface area contributed by atoms with E-state index in [9.17, 15) is 18.0 Å². The van der Waals surface area contributed by atoms with E-state index < -0.39 is 17.8 Å². The first-order chi connectivity index (χ1) is 15.3. The van der Waals surface area contributed by atoms with Crippen LogP contribution in [0.1, 0.15) is 44.5 Å². The molecular weight excluding hydrogens is 419 g/mol. The number of rotatable bonds is 4. The maximum Gasteiger partial charge on any atom is 0.416 e. The highest BCUT2D eigenvalue weighted by molar-refractivity contribution is 5.94. The number of morpholine rings is 1. The SMILES string of the molecule is Cc1cc(Cc2cccc(C(F)(F)F)c2)cc([C@H]2CN(C(=O)c3ccncc3)CCO2)n1. The Hall–Kier alpha value is -3.26. The standard InChI is InChI=1S/C24H22F3N3O2/c1-16-11-18(12-17-3-2-4-20(13-17)24(25,26)27)14-21(29-16)22-15-30(9-10-32-22)23(31)19-5-7-28-8-6-19/h2-8,11,13-14,22H,9-10,12,15H2,1H3/t22-/m1/s1. The van der Waals surface area contributed by atoms with Crippen molar-refractivity contribution in [3.63, 3.8) is 0 Å². The molecule has 1 aliphatic rings. The van der Waals surface area contributed by atoms with Gasteiger partial charge in [-0.3, -0.25) is 14.8 Å². The zero-order chi connectivity index (χ0) is 22.7. The Kier molecular flexibility index (Phi) is 6.23. The molecule has 0 aliphatic carbocycles. The molecule has 0 spiro atoms. The van der Waals surface area contributed by atoms with E-state index in [1.165, 1.54) is 12.1 Å². The Morgan fingerprint density at radius 1 is 1.12 bits per heavy atom. The van der Waals surface area contributed by atoms with Crippen molar-refractivity contribution in [1.82, 2.24) is 14.9 Å². The van der Waals surface area contributed by atoms with Crippen LogP contribution in [0.5, 0.6) is 0 Å². The summed E-state index contributed by atoms with van der Waals surface area (Å²) < 4.78 is 45.0. The summed E-state index contributed by atoms with van der Waals surface area (Å²) in [5.74, 6) is -0.0995. The second kappa shape index (κ2) is 9.08. The number of amides is 1. The predicted octanol–water partition coefficient (Wildman–Crippen LogP) is 4.61. The number of carbonyl (C=O) groups is 1. The van der Waals surface area contributed by atoms with Crippen LogP contribution < -0.4 is 0 Å². The highest BCUT2D eigenvalue weighted by atomic mass is 19.4. The number of ether oxygens (including phenoxy) is 1. The molecule has 0 radical (unpaired) electrons. The summed E-state index contributed by atoms with van der Waals surface area (Å²) in [6.07, 6.45) is -1.29. The van der Waals surface area contributed by atoms with Gasteiger partial charge >= 0.3 is 6.18 Å². The molecule has 1 atom stereocenters. The number of aryl methyl sites for hydroxylation is 1. The van der Waals surface area contributed by atoms with Crippen LogP contribution in [-0.2, 0) is 17.3 Å². The van der Waals surface area contributed by atoms with Gasteiger partial charge in [-0.15, -0.1) is 0 Å². The summed E-state index contributed by atoms with van der Waals surface area (Å²) in [7, 11) is 0. The molecule has 1 aromatic carbocycles. The van der Waals surface area contributed by atoms with Crippen molar-refractivity contribution in [3.05, 3.63) is 94.6 Å². The molecule has 1 fully saturated rings. The molecule has 32 heavy (non-hydrogen) atoms. The number of hydrogen-bond donors (Lipinski definition) is 0. The predicted molar refractivity (Wildman–Crippen MR) is 112 cm³/mol. The molecule has 8 heteroatoms. The zero-order valence-corrected chi connectivity index (χ0v) is 17.5. The lowest BCUT2D eigenvalue weighted by Crippen LogP contribution is -2.42. The Morgan fingerprint density at radius 3 is 2.66 bits per heavy atom. The molecule has 166 valence electrons. The quantitative estimate of drug-likeness (QED) is 0.594. The Labute approximate surface area is 183 Å². The van der Waals surface area contributed by atoms with Crippen LogP contribution in [0.2, 0.25) is 0 Å². The van der Waals surface area contributed by atoms with E-state index >= 15 is 0 Å². The van der Waals surface area contributed by atoms with Gasteiger partial charge in [-0.2, -0.15) is 13.2 Å². The van der Waals surface area contributed by atoms with E-state index in [4.69, 9.17) is 4.74 Å². The van der Waals surface area contributed by atoms with Crippen molar-refractivity contribution < 1.29 is 22.7 Å². The third-order valence-electron chi connectivity index (χ3n) is 5.31. The van der Waals surface area contributed by atoms with Crippen molar-refractivity contribution in [1.29, 1.82) is 0 Å². The third-order valence-corrected chi connectivity index (χ3v) is 5.31. The average molecular weight is 441 g/mol. The fraction of sp³-hybridized carbons (Fsp3) is 0.292. The smallest absolute Gasteiger partial charge is 0.368 e. The van der Waals surface area contributed by atoms with Crippen molar-refractivity contribution in [2.24, 2.45) is 0 Å². The van der Waals surface area contributed by atoms with Gasteiger partial charge < -0.3 is 9.64 Å². The lowest BCUT2D eigenvalue weighted by atomic mass is 10.0. The largest absolute Gasteiger partial charge is 0.416 e. The fourth-order valence-corrected chi connectivity index (χ4v) is 3.82. The molecule has 4 rings (SSSR count). The normalized spacial score (nSPS) is 16.8. The monoisotopic (exact) mass is 441 g/mol. The number of alkyl halides is 3. The topological polar surface area (TPSA) is 55.3 Å². The Bertz CT molecular complexity index is 1100. The number of benzene rings is 1. The van der Waals surface area contributed by atoms with Crippen molar-refractivity contribution in [3.8, 4) is 0 Å². The minimum Gasteiger partial charge on any atom is -0.368 e. The molecule has 1 amide bonds. The van der Waals surface area contributed by atoms with Gasteiger partial charge in [-0.05, 0) is 54.8 Å². The van der Waals surface area contributed by atoms with Gasteiger partial charge in [0, 0.05) is 30.2 Å². The molecule has 1 saturated heterocycles. The van der Waals surface area contributed by atoms with Crippen LogP contribution in [0.4, 0.5) is 13.2 Å². The third kappa shape index (κ3) is 5.13. The van der Waals surface area contributed by atoms with Crippen molar-refractivity contribution in [2.45, 2.75) is 25.6 Å². The molecule has 1 aliphatic heterocycles. The van der Waals surface area contributed by atoms with E-state index in [0.717, 1.165) is 17.3 Å². The number of pyridine rings is 2. The van der Waals surface area contributed by atoms with Gasteiger partial charge in [0.25, 0.3) is 5.91 Å². The number of nitrogens with zero attached hydrogens (tertiary/aromatic N) is 3. The summed E-state index contributed by atoms with van der Waals surface area (Å²) in [6.45, 7) is 3.03. The van der Waals surface area contributed by atoms with Gasteiger partial charge in [0.2, 0.25) is 0 Å². The fourth-order valence-electron chi connectivity index (χ4n) is 3.82. The summed E-state index contributed by atoms with van der Waals surface area (Å²) in [5.41, 5.74) is 2.71. The molecule has 0 bridgehead atoms. The van der Waals surface area contributed by atoms with Crippen LogP contribution in [0, 0.1) is 6.92 Å². The number of halogens is 3. The highest BCUT2D eigenvalue weighted by Crippen LogP contribution is 2.30. The zero-order valence-electron chi connectivity index (χ0n) is 17.5. The number of aromatic nitrogens is 2. The van der Waals surface area contributed by atoms with Crippen molar-refractivity contribution in [2.75, 3.05) is 19.7 Å². The van der Waals surface area contributed by atoms with Crippen molar-refractivity contribution >= 4 is 5.91 Å². The maximum atomic E-state index is 13.0. The van der Waals surface area contributed by atoms with Crippen LogP contribution in [-0.4, -0.2) is 40.5 Å². The van der Waals surface area contributed by atoms with Gasteiger partial charge in [0.15, 0.2) is 0 Å². The molecular formula is C24H22F3N3O2. The van der Waals surface area contributed by atoms with Crippen LogP contribution >= 0.6 is 0 Å². The lowest BCUT2D eigenvalue weighted by molar-refractivity contribution is -0.137. The first-order valence-corrected chi connectivity index (χ1v) is 10.2. The molecule has 5 nitrogen and oxygen atoms in total. The van der Waals surface area contributed by atoms with Crippen LogP contribution in [0.25, 0.3) is 0 Å². The van der Waals surface area contributed by atoms with E-state index in [1.54, 1.807) is 35.5 Å². The van der Waals surface area contributed by atoms with Gasteiger partial charge in [-0.25, -0.2) is 0 Å². The van der Waals surface area contributed by atoms with Gasteiger partial charge in [0.1, 0.15) is 6.10 Å². The van der Waals surface area contributed by atoms with Crippen LogP contribution in [0.15, 0.2) is 60.9 Å². The molecule has 3 aromatic rings. The highest BCUT2D eigenvalue weighted by Gasteiger charge is 2.30. The second-order valence-electron chi connectivity index (χ2n) is 7.76. The van der Waals surface area contributed by atoms with E-state index in [-0.39, 0.29) is 5.91 Å². The molecule has 0 unspecified atom stereocenters. The first-order valence-electron chi connectivity index (χ1n) is 10.2. The summed E-state index contributed by atoms with van der Waals surface area (Å²) in [6, 6.07) is 12.4. The molecule has 3 heterocycles. The molecule has 2 aromatic heterocycles. The number of hydrogen-bond acceptors (Lipinski definition) is 4. The minimum atomic E-state index is -4.38. The number of carbonyl (C=O) groups excluding carboxylic acids is 1. The van der Waals surface area contributed by atoms with E-state index in [1.807, 2.05) is 19.1 Å². The van der Waals surface area contributed by atoms with Crippen LogP contribution in [0.3, 0.4) is 0 Å². The second-order valence-corrected chi connectivity index (χ2v) is 7.76. The first kappa shape index (κ1) is 22.0. The minimum absolute atomic E-state index is 0.0995.